The predicted molar refractivity (Wildman–Crippen MR) is 56.6 cm³/mol. The quantitative estimate of drug-likeness (QED) is 0.800. The van der Waals surface area contributed by atoms with Crippen LogP contribution < -0.4 is 5.32 Å². The molecule has 0 amide bonds. The first-order valence-corrected chi connectivity index (χ1v) is 6.12. The molecule has 14 heavy (non-hydrogen) atoms. The van der Waals surface area contributed by atoms with Crippen LogP contribution in [-0.2, 0) is 4.79 Å². The van der Waals surface area contributed by atoms with E-state index in [0.29, 0.717) is 5.75 Å². The summed E-state index contributed by atoms with van der Waals surface area (Å²) in [5.41, 5.74) is 0.992. The molecule has 1 saturated heterocycles. The van der Waals surface area contributed by atoms with Crippen LogP contribution in [0.3, 0.4) is 0 Å². The third-order valence-electron chi connectivity index (χ3n) is 1.94. The zero-order valence-electron chi connectivity index (χ0n) is 7.56. The van der Waals surface area contributed by atoms with Gasteiger partial charge in [-0.05, 0) is 6.92 Å². The minimum atomic E-state index is -0.784. The molecule has 1 fully saturated rings. The average Bonchev–Trinajstić information content (AvgIpc) is 2.70. The molecule has 1 aromatic heterocycles. The van der Waals surface area contributed by atoms with Crippen LogP contribution in [0.5, 0.6) is 0 Å². The number of hydrogen-bond donors (Lipinski definition) is 2. The Labute approximate surface area is 89.7 Å². The maximum absolute atomic E-state index is 10.7. The van der Waals surface area contributed by atoms with Crippen molar-refractivity contribution in [3.05, 3.63) is 16.1 Å². The summed E-state index contributed by atoms with van der Waals surface area (Å²) in [7, 11) is 0. The summed E-state index contributed by atoms with van der Waals surface area (Å²) in [4.78, 5) is 15.0. The van der Waals surface area contributed by atoms with Gasteiger partial charge in [0, 0.05) is 16.8 Å². The summed E-state index contributed by atoms with van der Waals surface area (Å²) >= 11 is 3.17. The number of carboxylic acid groups (broad SMARTS) is 1. The lowest BCUT2D eigenvalue weighted by atomic mass is 10.3. The second kappa shape index (κ2) is 3.88. The fourth-order valence-electron chi connectivity index (χ4n) is 1.25. The highest BCUT2D eigenvalue weighted by Gasteiger charge is 2.31. The van der Waals surface area contributed by atoms with Crippen LogP contribution in [-0.4, -0.2) is 27.9 Å². The molecule has 0 aliphatic carbocycles. The molecule has 1 aliphatic rings. The van der Waals surface area contributed by atoms with Gasteiger partial charge in [0.15, 0.2) is 0 Å². The van der Waals surface area contributed by atoms with E-state index in [2.05, 4.69) is 10.3 Å². The first-order valence-electron chi connectivity index (χ1n) is 4.19. The number of hydrogen-bond acceptors (Lipinski definition) is 5. The van der Waals surface area contributed by atoms with E-state index in [4.69, 9.17) is 5.11 Å². The Hall–Kier alpha value is -0.590. The summed E-state index contributed by atoms with van der Waals surface area (Å²) in [6.45, 7) is 1.94. The molecule has 6 heteroatoms. The van der Waals surface area contributed by atoms with Gasteiger partial charge in [0.1, 0.15) is 16.4 Å². The van der Waals surface area contributed by atoms with Gasteiger partial charge < -0.3 is 5.11 Å². The molecule has 76 valence electrons. The molecule has 2 heterocycles. The Morgan fingerprint density at radius 3 is 3.07 bits per heavy atom. The predicted octanol–water partition coefficient (Wildman–Crippen LogP) is 1.24. The molecular weight excluding hydrogens is 220 g/mol. The molecule has 1 aliphatic heterocycles. The van der Waals surface area contributed by atoms with E-state index in [1.807, 2.05) is 12.3 Å². The van der Waals surface area contributed by atoms with E-state index in [1.54, 1.807) is 23.1 Å². The van der Waals surface area contributed by atoms with Gasteiger partial charge >= 0.3 is 5.97 Å². The van der Waals surface area contributed by atoms with Gasteiger partial charge in [-0.3, -0.25) is 10.1 Å². The highest BCUT2D eigenvalue weighted by atomic mass is 32.2. The van der Waals surface area contributed by atoms with Gasteiger partial charge in [0.05, 0.1) is 0 Å². The Morgan fingerprint density at radius 1 is 1.79 bits per heavy atom. The summed E-state index contributed by atoms with van der Waals surface area (Å²) in [5, 5.41) is 14.8. The second-order valence-corrected chi connectivity index (χ2v) is 5.13. The lowest BCUT2D eigenvalue weighted by Gasteiger charge is -2.06. The number of nitrogens with one attached hydrogen (secondary N) is 1. The normalized spacial score (nSPS) is 26.6. The van der Waals surface area contributed by atoms with Crippen LogP contribution in [0.1, 0.15) is 16.1 Å². The number of thioether (sulfide) groups is 1. The monoisotopic (exact) mass is 230 g/mol. The van der Waals surface area contributed by atoms with Crippen molar-refractivity contribution < 1.29 is 9.90 Å². The van der Waals surface area contributed by atoms with Gasteiger partial charge in [-0.25, -0.2) is 4.98 Å². The summed E-state index contributed by atoms with van der Waals surface area (Å²) in [6.07, 6.45) is 0. The molecule has 1 aromatic rings. The van der Waals surface area contributed by atoms with Crippen LogP contribution in [0.15, 0.2) is 5.38 Å². The molecule has 0 saturated carbocycles. The molecule has 0 bridgehead atoms. The third kappa shape index (κ3) is 1.92. The average molecular weight is 230 g/mol. The van der Waals surface area contributed by atoms with Crippen molar-refractivity contribution in [1.82, 2.24) is 10.3 Å². The van der Waals surface area contributed by atoms with E-state index >= 15 is 0 Å². The number of aliphatic carboxylic acids is 1. The van der Waals surface area contributed by atoms with E-state index < -0.39 is 12.0 Å². The Kier molecular flexibility index (Phi) is 2.76. The highest BCUT2D eigenvalue weighted by molar-refractivity contribution is 7.99. The molecule has 2 atom stereocenters. The highest BCUT2D eigenvalue weighted by Crippen LogP contribution is 2.34. The summed E-state index contributed by atoms with van der Waals surface area (Å²) in [6, 6.07) is -0.436. The van der Waals surface area contributed by atoms with Crippen molar-refractivity contribution in [2.45, 2.75) is 18.3 Å². The third-order valence-corrected chi connectivity index (χ3v) is 4.34. The zero-order valence-corrected chi connectivity index (χ0v) is 9.19. The Balaban J connectivity index is 2.05. The molecule has 4 nitrogen and oxygen atoms in total. The van der Waals surface area contributed by atoms with Crippen molar-refractivity contribution in [2.24, 2.45) is 0 Å². The SMILES string of the molecule is Cc1csc(C2NC(C(=O)O)CS2)n1. The number of aromatic nitrogens is 1. The summed E-state index contributed by atoms with van der Waals surface area (Å²) in [5.74, 6) is -0.174. The summed E-state index contributed by atoms with van der Waals surface area (Å²) < 4.78 is 0. The lowest BCUT2D eigenvalue weighted by molar-refractivity contribution is -0.138. The van der Waals surface area contributed by atoms with Crippen molar-refractivity contribution in [3.8, 4) is 0 Å². The van der Waals surface area contributed by atoms with Crippen molar-refractivity contribution in [2.75, 3.05) is 5.75 Å². The maximum Gasteiger partial charge on any atom is 0.321 e. The van der Waals surface area contributed by atoms with E-state index in [-0.39, 0.29) is 5.37 Å². The lowest BCUT2D eigenvalue weighted by Crippen LogP contribution is -2.33. The Bertz CT molecular complexity index is 353. The molecule has 0 spiro atoms. The van der Waals surface area contributed by atoms with Crippen LogP contribution in [0, 0.1) is 6.92 Å². The largest absolute Gasteiger partial charge is 0.480 e. The first kappa shape index (κ1) is 9.95. The molecular formula is C8H10N2O2S2. The second-order valence-electron chi connectivity index (χ2n) is 3.10. The molecule has 0 radical (unpaired) electrons. The fourth-order valence-corrected chi connectivity index (χ4v) is 3.43. The number of carbonyl (C=O) groups is 1. The minimum Gasteiger partial charge on any atom is -0.480 e. The van der Waals surface area contributed by atoms with Crippen LogP contribution in [0.4, 0.5) is 0 Å². The minimum absolute atomic E-state index is 0.0507. The smallest absolute Gasteiger partial charge is 0.321 e. The van der Waals surface area contributed by atoms with E-state index in [0.717, 1.165) is 10.7 Å². The number of aryl methyl sites for hydroxylation is 1. The molecule has 2 unspecified atom stereocenters. The number of carboxylic acids is 1. The van der Waals surface area contributed by atoms with E-state index in [9.17, 15) is 4.79 Å². The molecule has 2 rings (SSSR count). The van der Waals surface area contributed by atoms with Crippen LogP contribution in [0.2, 0.25) is 0 Å². The van der Waals surface area contributed by atoms with Crippen molar-refractivity contribution >= 4 is 29.1 Å². The molecule has 2 N–H and O–H groups in total. The number of nitrogens with zero attached hydrogens (tertiary/aromatic N) is 1. The van der Waals surface area contributed by atoms with Gasteiger partial charge in [-0.1, -0.05) is 0 Å². The van der Waals surface area contributed by atoms with Crippen LogP contribution in [0.25, 0.3) is 0 Å². The van der Waals surface area contributed by atoms with Crippen LogP contribution >= 0.6 is 23.1 Å². The van der Waals surface area contributed by atoms with Crippen molar-refractivity contribution in [1.29, 1.82) is 0 Å². The van der Waals surface area contributed by atoms with Gasteiger partial charge in [-0.15, -0.1) is 23.1 Å². The number of rotatable bonds is 2. The van der Waals surface area contributed by atoms with Crippen molar-refractivity contribution in [3.63, 3.8) is 0 Å². The zero-order chi connectivity index (χ0) is 10.1. The fraction of sp³-hybridized carbons (Fsp3) is 0.500. The topological polar surface area (TPSA) is 62.2 Å². The molecule has 0 aromatic carbocycles. The first-order chi connectivity index (χ1) is 6.66. The standard InChI is InChI=1S/C8H10N2O2S2/c1-4-2-13-6(9-4)7-10-5(3-14-7)8(11)12/h2,5,7,10H,3H2,1H3,(H,11,12). The Morgan fingerprint density at radius 2 is 2.57 bits per heavy atom. The van der Waals surface area contributed by atoms with Gasteiger partial charge in [0.25, 0.3) is 0 Å². The maximum atomic E-state index is 10.7. The van der Waals surface area contributed by atoms with Gasteiger partial charge in [-0.2, -0.15) is 0 Å². The van der Waals surface area contributed by atoms with Gasteiger partial charge in [0.2, 0.25) is 0 Å². The van der Waals surface area contributed by atoms with E-state index in [1.165, 1.54) is 0 Å². The number of thiazole rings is 1.